The van der Waals surface area contributed by atoms with Crippen LogP contribution in [0.3, 0.4) is 0 Å². The van der Waals surface area contributed by atoms with Crippen LogP contribution in [0, 0.1) is 6.92 Å². The highest BCUT2D eigenvalue weighted by molar-refractivity contribution is 5.67. The van der Waals surface area contributed by atoms with Gasteiger partial charge in [-0.3, -0.25) is 4.79 Å². The van der Waals surface area contributed by atoms with Gasteiger partial charge in [-0.15, -0.1) is 0 Å². The third-order valence-corrected chi connectivity index (χ3v) is 3.35. The molecule has 1 aliphatic heterocycles. The average molecular weight is 288 g/mol. The first-order valence-corrected chi connectivity index (χ1v) is 6.74. The van der Waals surface area contributed by atoms with E-state index in [4.69, 9.17) is 9.47 Å². The van der Waals surface area contributed by atoms with Gasteiger partial charge in [-0.25, -0.2) is 0 Å². The number of benzene rings is 1. The highest BCUT2D eigenvalue weighted by Crippen LogP contribution is 2.26. The minimum atomic E-state index is -0.455. The molecule has 1 saturated heterocycles. The maximum Gasteiger partial charge on any atom is 0.262 e. The molecule has 1 aromatic heterocycles. The zero-order valence-electron chi connectivity index (χ0n) is 11.6. The summed E-state index contributed by atoms with van der Waals surface area (Å²) in [6, 6.07) is 7.34. The molecule has 0 spiro atoms. The second-order valence-electron chi connectivity index (χ2n) is 4.95. The largest absolute Gasteiger partial charge is 0.493 e. The van der Waals surface area contributed by atoms with Crippen molar-refractivity contribution >= 4 is 0 Å². The number of rotatable bonds is 2. The van der Waals surface area contributed by atoms with Gasteiger partial charge in [0.05, 0.1) is 19.8 Å². The van der Waals surface area contributed by atoms with Gasteiger partial charge in [0.1, 0.15) is 17.5 Å². The monoisotopic (exact) mass is 288 g/mol. The Bertz CT molecular complexity index is 705. The van der Waals surface area contributed by atoms with Crippen LogP contribution < -0.4 is 5.56 Å². The molecule has 0 bridgehead atoms. The molecule has 6 nitrogen and oxygen atoms in total. The van der Waals surface area contributed by atoms with Crippen LogP contribution in [0.5, 0.6) is 5.88 Å². The summed E-state index contributed by atoms with van der Waals surface area (Å²) >= 11 is 0. The molecule has 2 N–H and O–H groups in total. The van der Waals surface area contributed by atoms with Crippen LogP contribution in [-0.4, -0.2) is 34.9 Å². The molecule has 1 aliphatic rings. The van der Waals surface area contributed by atoms with Crippen LogP contribution in [0.4, 0.5) is 0 Å². The fourth-order valence-corrected chi connectivity index (χ4v) is 2.34. The first-order chi connectivity index (χ1) is 10.1. The molecule has 0 saturated carbocycles. The number of nitrogens with one attached hydrogen (secondary N) is 1. The summed E-state index contributed by atoms with van der Waals surface area (Å²) in [5.41, 5.74) is 1.41. The van der Waals surface area contributed by atoms with E-state index in [1.165, 1.54) is 0 Å². The van der Waals surface area contributed by atoms with Crippen molar-refractivity contribution in [3.05, 3.63) is 46.0 Å². The molecule has 1 unspecified atom stereocenters. The van der Waals surface area contributed by atoms with Gasteiger partial charge >= 0.3 is 0 Å². The van der Waals surface area contributed by atoms with Crippen molar-refractivity contribution in [2.24, 2.45) is 0 Å². The van der Waals surface area contributed by atoms with E-state index < -0.39 is 11.7 Å². The van der Waals surface area contributed by atoms with E-state index >= 15 is 0 Å². The predicted molar refractivity (Wildman–Crippen MR) is 76.2 cm³/mol. The fourth-order valence-electron chi connectivity index (χ4n) is 2.34. The Labute approximate surface area is 121 Å². The Morgan fingerprint density at radius 2 is 2.24 bits per heavy atom. The number of aromatic nitrogens is 2. The van der Waals surface area contributed by atoms with Crippen LogP contribution in [0.15, 0.2) is 29.1 Å². The molecular weight excluding hydrogens is 272 g/mol. The number of aromatic hydroxyl groups is 1. The molecule has 3 rings (SSSR count). The lowest BCUT2D eigenvalue weighted by Gasteiger charge is -2.22. The Balaban J connectivity index is 2.02. The average Bonchev–Trinajstić information content (AvgIpc) is 2.47. The molecule has 2 aromatic rings. The summed E-state index contributed by atoms with van der Waals surface area (Å²) in [7, 11) is 0. The minimum Gasteiger partial charge on any atom is -0.493 e. The van der Waals surface area contributed by atoms with E-state index in [1.54, 1.807) is 6.07 Å². The molecule has 6 heteroatoms. The zero-order chi connectivity index (χ0) is 14.8. The van der Waals surface area contributed by atoms with E-state index in [1.807, 2.05) is 25.1 Å². The van der Waals surface area contributed by atoms with Crippen LogP contribution in [0.25, 0.3) is 11.1 Å². The van der Waals surface area contributed by atoms with Gasteiger partial charge < -0.3 is 19.6 Å². The van der Waals surface area contributed by atoms with Crippen LogP contribution in [-0.2, 0) is 9.47 Å². The summed E-state index contributed by atoms with van der Waals surface area (Å²) in [4.78, 5) is 19.0. The number of H-pyrrole nitrogens is 1. The van der Waals surface area contributed by atoms with Crippen LogP contribution in [0.1, 0.15) is 17.5 Å². The highest BCUT2D eigenvalue weighted by atomic mass is 16.6. The molecular formula is C15H16N2O4. The van der Waals surface area contributed by atoms with Crippen molar-refractivity contribution in [3.63, 3.8) is 0 Å². The molecule has 0 amide bonds. The number of aryl methyl sites for hydroxylation is 1. The zero-order valence-corrected chi connectivity index (χ0v) is 11.6. The van der Waals surface area contributed by atoms with E-state index in [0.717, 1.165) is 5.56 Å². The van der Waals surface area contributed by atoms with Crippen molar-refractivity contribution < 1.29 is 14.6 Å². The molecule has 21 heavy (non-hydrogen) atoms. The highest BCUT2D eigenvalue weighted by Gasteiger charge is 2.22. The third kappa shape index (κ3) is 2.81. The van der Waals surface area contributed by atoms with Gasteiger partial charge in [-0.2, -0.15) is 4.98 Å². The topological polar surface area (TPSA) is 84.4 Å². The number of ether oxygens (including phenoxy) is 2. The Kier molecular flexibility index (Phi) is 3.72. The number of hydrogen-bond donors (Lipinski definition) is 2. The maximum absolute atomic E-state index is 12.3. The lowest BCUT2D eigenvalue weighted by Crippen LogP contribution is -2.26. The first kappa shape index (κ1) is 13.8. The third-order valence-electron chi connectivity index (χ3n) is 3.35. The van der Waals surface area contributed by atoms with E-state index in [2.05, 4.69) is 9.97 Å². The molecule has 2 heterocycles. The normalized spacial score (nSPS) is 18.6. The molecule has 1 aromatic carbocycles. The van der Waals surface area contributed by atoms with Crippen molar-refractivity contribution in [3.8, 4) is 17.0 Å². The SMILES string of the molecule is Cc1cccc(-c2c(O)nc(C3COCCO3)[nH]c2=O)c1. The van der Waals surface area contributed by atoms with E-state index in [0.29, 0.717) is 25.4 Å². The van der Waals surface area contributed by atoms with Crippen molar-refractivity contribution in [1.29, 1.82) is 0 Å². The lowest BCUT2D eigenvalue weighted by atomic mass is 10.1. The van der Waals surface area contributed by atoms with Crippen LogP contribution >= 0.6 is 0 Å². The van der Waals surface area contributed by atoms with Gasteiger partial charge in [0.2, 0.25) is 5.88 Å². The number of aromatic amines is 1. The predicted octanol–water partition coefficient (Wildman–Crippen LogP) is 1.54. The van der Waals surface area contributed by atoms with E-state index in [-0.39, 0.29) is 17.3 Å². The summed E-state index contributed by atoms with van der Waals surface area (Å²) in [6.45, 7) is 3.19. The second kappa shape index (κ2) is 5.67. The summed E-state index contributed by atoms with van der Waals surface area (Å²) in [6.07, 6.45) is -0.455. The van der Waals surface area contributed by atoms with Gasteiger partial charge in [0, 0.05) is 0 Å². The van der Waals surface area contributed by atoms with Crippen LogP contribution in [0.2, 0.25) is 0 Å². The van der Waals surface area contributed by atoms with Crippen molar-refractivity contribution in [2.75, 3.05) is 19.8 Å². The van der Waals surface area contributed by atoms with E-state index in [9.17, 15) is 9.90 Å². The van der Waals surface area contributed by atoms with Gasteiger partial charge in [-0.05, 0) is 12.5 Å². The smallest absolute Gasteiger partial charge is 0.262 e. The fraction of sp³-hybridized carbons (Fsp3) is 0.333. The summed E-state index contributed by atoms with van der Waals surface area (Å²) in [5, 5.41) is 10.1. The first-order valence-electron chi connectivity index (χ1n) is 6.74. The summed E-state index contributed by atoms with van der Waals surface area (Å²) in [5.74, 6) is -0.0119. The molecule has 0 radical (unpaired) electrons. The molecule has 0 aliphatic carbocycles. The molecule has 1 fully saturated rings. The molecule has 1 atom stereocenters. The minimum absolute atomic E-state index is 0.166. The Hall–Kier alpha value is -2.18. The van der Waals surface area contributed by atoms with Gasteiger partial charge in [0.25, 0.3) is 5.56 Å². The quantitative estimate of drug-likeness (QED) is 0.875. The maximum atomic E-state index is 12.3. The Morgan fingerprint density at radius 3 is 2.90 bits per heavy atom. The van der Waals surface area contributed by atoms with Crippen molar-refractivity contribution in [1.82, 2.24) is 9.97 Å². The van der Waals surface area contributed by atoms with Gasteiger partial charge in [-0.1, -0.05) is 29.8 Å². The molecule has 110 valence electrons. The standard InChI is InChI=1S/C15H16N2O4/c1-9-3-2-4-10(7-9)12-14(18)16-13(17-15(12)19)11-8-20-5-6-21-11/h2-4,7,11H,5-6,8H2,1H3,(H2,16,17,18,19). The van der Waals surface area contributed by atoms with Crippen molar-refractivity contribution in [2.45, 2.75) is 13.0 Å². The lowest BCUT2D eigenvalue weighted by molar-refractivity contribution is -0.0937. The number of nitrogens with zero attached hydrogens (tertiary/aromatic N) is 1. The Morgan fingerprint density at radius 1 is 1.38 bits per heavy atom. The summed E-state index contributed by atoms with van der Waals surface area (Å²) < 4.78 is 10.7. The van der Waals surface area contributed by atoms with Gasteiger partial charge in [0.15, 0.2) is 0 Å². The number of hydrogen-bond acceptors (Lipinski definition) is 5. The second-order valence-corrected chi connectivity index (χ2v) is 4.95.